The van der Waals surface area contributed by atoms with Crippen LogP contribution in [0.5, 0.6) is 0 Å². The highest BCUT2D eigenvalue weighted by molar-refractivity contribution is 4.73. The molecule has 0 aromatic carbocycles. The summed E-state index contributed by atoms with van der Waals surface area (Å²) in [5.41, 5.74) is 0. The minimum Gasteiger partial charge on any atom is -0.317 e. The van der Waals surface area contributed by atoms with Crippen molar-refractivity contribution in [2.45, 2.75) is 64.3 Å². The third-order valence-electron chi connectivity index (χ3n) is 3.34. The molecule has 0 heterocycles. The van der Waals surface area contributed by atoms with E-state index >= 15 is 0 Å². The second-order valence-electron chi connectivity index (χ2n) is 4.67. The minimum absolute atomic E-state index is 0.814. The van der Waals surface area contributed by atoms with Crippen molar-refractivity contribution in [3.8, 4) is 0 Å². The van der Waals surface area contributed by atoms with Gasteiger partial charge in [-0.2, -0.15) is 0 Å². The van der Waals surface area contributed by atoms with Crippen LogP contribution >= 0.6 is 0 Å². The zero-order chi connectivity index (χ0) is 9.52. The fraction of sp³-hybridized carbons (Fsp3) is 1.00. The highest BCUT2D eigenvalue weighted by Gasteiger charge is 2.16. The predicted molar refractivity (Wildman–Crippen MR) is 58.9 cm³/mol. The molecule has 0 amide bonds. The summed E-state index contributed by atoms with van der Waals surface area (Å²) in [6, 6.07) is 0.814. The van der Waals surface area contributed by atoms with Crippen LogP contribution in [0.3, 0.4) is 0 Å². The Morgan fingerprint density at radius 2 is 1.54 bits per heavy atom. The standard InChI is InChI=1S/C8H17N.C4H8/c1-7-4-3-5-8(6-7)9-2;1-2-4-3-1/h7-9H,3-6H2,1-2H3;1-4H2. The van der Waals surface area contributed by atoms with E-state index in [1.165, 1.54) is 51.4 Å². The van der Waals surface area contributed by atoms with Gasteiger partial charge in [-0.3, -0.25) is 0 Å². The zero-order valence-electron chi connectivity index (χ0n) is 9.31. The van der Waals surface area contributed by atoms with Gasteiger partial charge in [0.1, 0.15) is 0 Å². The first-order valence-electron chi connectivity index (χ1n) is 6.00. The average molecular weight is 183 g/mol. The Labute approximate surface area is 83.3 Å². The first-order valence-corrected chi connectivity index (χ1v) is 6.00. The topological polar surface area (TPSA) is 12.0 Å². The second-order valence-corrected chi connectivity index (χ2v) is 4.67. The first kappa shape index (κ1) is 11.0. The fourth-order valence-electron chi connectivity index (χ4n) is 1.95. The predicted octanol–water partition coefficient (Wildman–Crippen LogP) is 3.34. The molecule has 1 N–H and O–H groups in total. The van der Waals surface area contributed by atoms with Gasteiger partial charge in [-0.1, -0.05) is 45.4 Å². The monoisotopic (exact) mass is 183 g/mol. The molecule has 1 nitrogen and oxygen atoms in total. The Morgan fingerprint density at radius 1 is 0.923 bits per heavy atom. The normalized spacial score (nSPS) is 32.8. The molecule has 78 valence electrons. The smallest absolute Gasteiger partial charge is 0.00666 e. The van der Waals surface area contributed by atoms with Gasteiger partial charge in [-0.15, -0.1) is 0 Å². The second kappa shape index (κ2) is 6.42. The lowest BCUT2D eigenvalue weighted by Gasteiger charge is -2.25. The summed E-state index contributed by atoms with van der Waals surface area (Å²) in [7, 11) is 2.07. The van der Waals surface area contributed by atoms with E-state index in [0.717, 1.165) is 12.0 Å². The molecule has 0 spiro atoms. The van der Waals surface area contributed by atoms with E-state index in [9.17, 15) is 0 Å². The van der Waals surface area contributed by atoms with Gasteiger partial charge in [-0.05, 0) is 25.8 Å². The van der Waals surface area contributed by atoms with E-state index in [4.69, 9.17) is 0 Å². The van der Waals surface area contributed by atoms with Crippen LogP contribution in [0, 0.1) is 5.92 Å². The summed E-state index contributed by atoms with van der Waals surface area (Å²) in [6.07, 6.45) is 11.6. The SMILES string of the molecule is C1CCC1.CNC1CCCC(C)C1. The summed E-state index contributed by atoms with van der Waals surface area (Å²) in [5, 5.41) is 3.33. The van der Waals surface area contributed by atoms with E-state index in [2.05, 4.69) is 19.3 Å². The van der Waals surface area contributed by atoms with Crippen molar-refractivity contribution in [3.05, 3.63) is 0 Å². The molecule has 0 saturated heterocycles. The molecule has 0 aromatic rings. The molecule has 2 fully saturated rings. The van der Waals surface area contributed by atoms with Crippen molar-refractivity contribution >= 4 is 0 Å². The van der Waals surface area contributed by atoms with Gasteiger partial charge < -0.3 is 5.32 Å². The quantitative estimate of drug-likeness (QED) is 0.657. The summed E-state index contributed by atoms with van der Waals surface area (Å²) < 4.78 is 0. The third-order valence-corrected chi connectivity index (χ3v) is 3.34. The molecular formula is C12H25N. The lowest BCUT2D eigenvalue weighted by atomic mass is 9.87. The Balaban J connectivity index is 0.000000175. The van der Waals surface area contributed by atoms with Crippen molar-refractivity contribution in [2.24, 2.45) is 5.92 Å². The van der Waals surface area contributed by atoms with E-state index in [1.807, 2.05) is 0 Å². The minimum atomic E-state index is 0.814. The van der Waals surface area contributed by atoms with E-state index in [-0.39, 0.29) is 0 Å². The summed E-state index contributed by atoms with van der Waals surface area (Å²) >= 11 is 0. The van der Waals surface area contributed by atoms with Gasteiger partial charge in [-0.25, -0.2) is 0 Å². The van der Waals surface area contributed by atoms with Gasteiger partial charge in [0.05, 0.1) is 0 Å². The van der Waals surface area contributed by atoms with Crippen LogP contribution in [-0.2, 0) is 0 Å². The Morgan fingerprint density at radius 3 is 1.85 bits per heavy atom. The first-order chi connectivity index (χ1) is 6.33. The Bertz CT molecular complexity index is 114. The Hall–Kier alpha value is -0.0400. The molecule has 0 bridgehead atoms. The largest absolute Gasteiger partial charge is 0.317 e. The van der Waals surface area contributed by atoms with Gasteiger partial charge in [0.15, 0.2) is 0 Å². The van der Waals surface area contributed by atoms with Crippen LogP contribution in [0.2, 0.25) is 0 Å². The maximum absolute atomic E-state index is 3.33. The van der Waals surface area contributed by atoms with Crippen molar-refractivity contribution in [3.63, 3.8) is 0 Å². The van der Waals surface area contributed by atoms with Crippen LogP contribution in [0.25, 0.3) is 0 Å². The van der Waals surface area contributed by atoms with Crippen LogP contribution in [0.1, 0.15) is 58.3 Å². The van der Waals surface area contributed by atoms with Crippen molar-refractivity contribution < 1.29 is 0 Å². The zero-order valence-corrected chi connectivity index (χ0v) is 9.31. The van der Waals surface area contributed by atoms with E-state index in [1.54, 1.807) is 0 Å². The molecule has 2 atom stereocenters. The lowest BCUT2D eigenvalue weighted by Crippen LogP contribution is -2.30. The summed E-state index contributed by atoms with van der Waals surface area (Å²) in [5.74, 6) is 0.955. The van der Waals surface area contributed by atoms with Crippen LogP contribution < -0.4 is 5.32 Å². The number of nitrogens with one attached hydrogen (secondary N) is 1. The van der Waals surface area contributed by atoms with Gasteiger partial charge in [0.2, 0.25) is 0 Å². The molecule has 0 radical (unpaired) electrons. The van der Waals surface area contributed by atoms with Gasteiger partial charge in [0, 0.05) is 6.04 Å². The van der Waals surface area contributed by atoms with Crippen LogP contribution in [0.4, 0.5) is 0 Å². The molecule has 2 aliphatic rings. The number of rotatable bonds is 1. The van der Waals surface area contributed by atoms with Crippen LogP contribution in [-0.4, -0.2) is 13.1 Å². The maximum Gasteiger partial charge on any atom is 0.00666 e. The van der Waals surface area contributed by atoms with Crippen molar-refractivity contribution in [2.75, 3.05) is 7.05 Å². The molecule has 2 aliphatic carbocycles. The average Bonchev–Trinajstić information content (AvgIpc) is 2.01. The third kappa shape index (κ3) is 4.66. The van der Waals surface area contributed by atoms with Crippen molar-refractivity contribution in [1.29, 1.82) is 0 Å². The maximum atomic E-state index is 3.33. The van der Waals surface area contributed by atoms with Crippen molar-refractivity contribution in [1.82, 2.24) is 5.32 Å². The summed E-state index contributed by atoms with van der Waals surface area (Å²) in [4.78, 5) is 0. The van der Waals surface area contributed by atoms with E-state index in [0.29, 0.717) is 0 Å². The molecule has 0 aliphatic heterocycles. The summed E-state index contributed by atoms with van der Waals surface area (Å²) in [6.45, 7) is 2.35. The van der Waals surface area contributed by atoms with E-state index < -0.39 is 0 Å². The molecule has 0 aromatic heterocycles. The molecular weight excluding hydrogens is 158 g/mol. The molecule has 1 heteroatoms. The van der Waals surface area contributed by atoms with Gasteiger partial charge >= 0.3 is 0 Å². The number of hydrogen-bond acceptors (Lipinski definition) is 1. The molecule has 2 saturated carbocycles. The lowest BCUT2D eigenvalue weighted by molar-refractivity contribution is 0.314. The Kier molecular flexibility index (Phi) is 5.45. The highest BCUT2D eigenvalue weighted by Crippen LogP contribution is 2.22. The fourth-order valence-corrected chi connectivity index (χ4v) is 1.95. The molecule has 13 heavy (non-hydrogen) atoms. The number of hydrogen-bond donors (Lipinski definition) is 1. The molecule has 2 unspecified atom stereocenters. The van der Waals surface area contributed by atoms with Gasteiger partial charge in [0.25, 0.3) is 0 Å². The van der Waals surface area contributed by atoms with Crippen LogP contribution in [0.15, 0.2) is 0 Å². The highest BCUT2D eigenvalue weighted by atomic mass is 14.9. The molecule has 2 rings (SSSR count).